The van der Waals surface area contributed by atoms with E-state index in [0.29, 0.717) is 17.0 Å². The maximum Gasteiger partial charge on any atom is 0.328 e. The van der Waals surface area contributed by atoms with Crippen molar-refractivity contribution >= 4 is 24.5 Å². The van der Waals surface area contributed by atoms with Crippen LogP contribution in [0.2, 0.25) is 0 Å². The van der Waals surface area contributed by atoms with Crippen LogP contribution in [0, 0.1) is 0 Å². The maximum atomic E-state index is 13.0. The van der Waals surface area contributed by atoms with E-state index >= 15 is 0 Å². The quantitative estimate of drug-likeness (QED) is 0.644. The third-order valence-corrected chi connectivity index (χ3v) is 4.08. The van der Waals surface area contributed by atoms with E-state index in [2.05, 4.69) is 12.6 Å². The molecule has 2 aromatic rings. The standard InChI is InChI=1S/C19H21NO3S/c1-3-23-19(22)14(2)20(13-15-9-5-4-6-10-15)18(21)16-11-7-8-12-17(16)24/h4-12,14,24H,3,13H2,1-2H3. The average molecular weight is 343 g/mol. The summed E-state index contributed by atoms with van der Waals surface area (Å²) in [6, 6.07) is 15.9. The predicted octanol–water partition coefficient (Wildman–Crippen LogP) is 3.57. The van der Waals surface area contributed by atoms with Gasteiger partial charge in [-0.2, -0.15) is 0 Å². The van der Waals surface area contributed by atoms with E-state index in [0.717, 1.165) is 5.56 Å². The Balaban J connectivity index is 2.33. The van der Waals surface area contributed by atoms with Gasteiger partial charge in [-0.1, -0.05) is 42.5 Å². The highest BCUT2D eigenvalue weighted by atomic mass is 32.1. The summed E-state index contributed by atoms with van der Waals surface area (Å²) in [5.74, 6) is -0.663. The molecule has 0 heterocycles. The van der Waals surface area contributed by atoms with E-state index in [1.165, 1.54) is 4.90 Å². The normalized spacial score (nSPS) is 11.6. The summed E-state index contributed by atoms with van der Waals surface area (Å²) >= 11 is 4.36. The van der Waals surface area contributed by atoms with E-state index in [1.54, 1.807) is 32.0 Å². The molecule has 1 atom stereocenters. The fraction of sp³-hybridized carbons (Fsp3) is 0.263. The van der Waals surface area contributed by atoms with Crippen LogP contribution in [-0.2, 0) is 16.1 Å². The Morgan fingerprint density at radius 1 is 1.08 bits per heavy atom. The molecular weight excluding hydrogens is 322 g/mol. The number of thiol groups is 1. The van der Waals surface area contributed by atoms with Crippen molar-refractivity contribution in [2.45, 2.75) is 31.3 Å². The molecule has 5 heteroatoms. The topological polar surface area (TPSA) is 46.6 Å². The molecule has 0 aromatic heterocycles. The second kappa shape index (κ2) is 8.55. The minimum Gasteiger partial charge on any atom is -0.464 e. The van der Waals surface area contributed by atoms with Gasteiger partial charge in [0.1, 0.15) is 6.04 Å². The molecular formula is C19H21NO3S. The summed E-state index contributed by atoms with van der Waals surface area (Å²) in [6.45, 7) is 4.03. The molecule has 0 bridgehead atoms. The van der Waals surface area contributed by atoms with Crippen molar-refractivity contribution < 1.29 is 14.3 Å². The fourth-order valence-electron chi connectivity index (χ4n) is 2.36. The molecule has 126 valence electrons. The Bertz CT molecular complexity index is 703. The fourth-order valence-corrected chi connectivity index (χ4v) is 2.62. The van der Waals surface area contributed by atoms with Crippen LogP contribution in [0.15, 0.2) is 59.5 Å². The first-order valence-corrected chi connectivity index (χ1v) is 8.28. The third kappa shape index (κ3) is 4.38. The summed E-state index contributed by atoms with van der Waals surface area (Å²) in [5, 5.41) is 0. The minimum atomic E-state index is -0.689. The second-order valence-corrected chi connectivity index (χ2v) is 5.85. The number of carbonyl (C=O) groups is 2. The average Bonchev–Trinajstić information content (AvgIpc) is 2.60. The summed E-state index contributed by atoms with van der Waals surface area (Å²) in [6.07, 6.45) is 0. The number of rotatable bonds is 6. The molecule has 2 rings (SSSR count). The molecule has 0 aliphatic heterocycles. The van der Waals surface area contributed by atoms with Crippen molar-refractivity contribution in [2.24, 2.45) is 0 Å². The smallest absolute Gasteiger partial charge is 0.328 e. The number of esters is 1. The summed E-state index contributed by atoms with van der Waals surface area (Å²) in [4.78, 5) is 27.2. The monoisotopic (exact) mass is 343 g/mol. The number of nitrogens with zero attached hydrogens (tertiary/aromatic N) is 1. The highest BCUT2D eigenvalue weighted by molar-refractivity contribution is 7.80. The lowest BCUT2D eigenvalue weighted by Gasteiger charge is -2.28. The van der Waals surface area contributed by atoms with Gasteiger partial charge in [-0.15, -0.1) is 12.6 Å². The maximum absolute atomic E-state index is 13.0. The zero-order chi connectivity index (χ0) is 17.5. The van der Waals surface area contributed by atoms with E-state index in [-0.39, 0.29) is 12.5 Å². The van der Waals surface area contributed by atoms with Crippen molar-refractivity contribution in [1.82, 2.24) is 4.90 Å². The van der Waals surface area contributed by atoms with Crippen LogP contribution >= 0.6 is 12.6 Å². The van der Waals surface area contributed by atoms with Crippen LogP contribution in [0.25, 0.3) is 0 Å². The molecule has 0 N–H and O–H groups in total. The molecule has 0 radical (unpaired) electrons. The molecule has 0 saturated carbocycles. The second-order valence-electron chi connectivity index (χ2n) is 5.36. The van der Waals surface area contributed by atoms with E-state index < -0.39 is 12.0 Å². The summed E-state index contributed by atoms with van der Waals surface area (Å²) in [5.41, 5.74) is 1.41. The SMILES string of the molecule is CCOC(=O)C(C)N(Cc1ccccc1)C(=O)c1ccccc1S. The van der Waals surface area contributed by atoms with Gasteiger partial charge in [0.15, 0.2) is 0 Å². The van der Waals surface area contributed by atoms with Crippen LogP contribution in [0.4, 0.5) is 0 Å². The molecule has 0 spiro atoms. The van der Waals surface area contributed by atoms with Gasteiger partial charge in [-0.05, 0) is 31.5 Å². The lowest BCUT2D eigenvalue weighted by Crippen LogP contribution is -2.43. The zero-order valence-corrected chi connectivity index (χ0v) is 14.7. The summed E-state index contributed by atoms with van der Waals surface area (Å²) < 4.78 is 5.09. The Labute approximate surface area is 147 Å². The molecule has 4 nitrogen and oxygen atoms in total. The lowest BCUT2D eigenvalue weighted by atomic mass is 10.1. The van der Waals surface area contributed by atoms with Crippen LogP contribution in [0.5, 0.6) is 0 Å². The first-order chi connectivity index (χ1) is 11.5. The highest BCUT2D eigenvalue weighted by Crippen LogP contribution is 2.19. The van der Waals surface area contributed by atoms with Crippen LogP contribution in [-0.4, -0.2) is 29.4 Å². The summed E-state index contributed by atoms with van der Waals surface area (Å²) in [7, 11) is 0. The minimum absolute atomic E-state index is 0.245. The lowest BCUT2D eigenvalue weighted by molar-refractivity contribution is -0.148. The zero-order valence-electron chi connectivity index (χ0n) is 13.8. The molecule has 24 heavy (non-hydrogen) atoms. The van der Waals surface area contributed by atoms with Gasteiger partial charge < -0.3 is 9.64 Å². The van der Waals surface area contributed by atoms with Crippen molar-refractivity contribution in [3.8, 4) is 0 Å². The van der Waals surface area contributed by atoms with E-state index in [9.17, 15) is 9.59 Å². The third-order valence-electron chi connectivity index (χ3n) is 3.69. The van der Waals surface area contributed by atoms with Crippen molar-refractivity contribution in [1.29, 1.82) is 0 Å². The van der Waals surface area contributed by atoms with Crippen LogP contribution < -0.4 is 0 Å². The highest BCUT2D eigenvalue weighted by Gasteiger charge is 2.28. The van der Waals surface area contributed by atoms with Crippen LogP contribution in [0.3, 0.4) is 0 Å². The van der Waals surface area contributed by atoms with Gasteiger partial charge in [0.05, 0.1) is 12.2 Å². The molecule has 0 saturated heterocycles. The van der Waals surface area contributed by atoms with Gasteiger partial charge in [0, 0.05) is 11.4 Å². The van der Waals surface area contributed by atoms with Crippen LogP contribution in [0.1, 0.15) is 29.8 Å². The number of hydrogen-bond acceptors (Lipinski definition) is 4. The van der Waals surface area contributed by atoms with Gasteiger partial charge in [0.2, 0.25) is 0 Å². The Hall–Kier alpha value is -2.27. The number of carbonyl (C=O) groups excluding carboxylic acids is 2. The number of benzene rings is 2. The Morgan fingerprint density at radius 2 is 1.71 bits per heavy atom. The van der Waals surface area contributed by atoms with Crippen molar-refractivity contribution in [3.63, 3.8) is 0 Å². The molecule has 1 unspecified atom stereocenters. The molecule has 0 fully saturated rings. The Morgan fingerprint density at radius 3 is 2.33 bits per heavy atom. The van der Waals surface area contributed by atoms with Gasteiger partial charge in [-0.3, -0.25) is 4.79 Å². The predicted molar refractivity (Wildman–Crippen MR) is 96.1 cm³/mol. The number of ether oxygens (including phenoxy) is 1. The van der Waals surface area contributed by atoms with Gasteiger partial charge >= 0.3 is 5.97 Å². The Kier molecular flexibility index (Phi) is 6.44. The van der Waals surface area contributed by atoms with Gasteiger partial charge in [-0.25, -0.2) is 4.79 Å². The van der Waals surface area contributed by atoms with Crippen molar-refractivity contribution in [2.75, 3.05) is 6.61 Å². The molecule has 1 amide bonds. The largest absolute Gasteiger partial charge is 0.464 e. The first kappa shape index (κ1) is 18.1. The first-order valence-electron chi connectivity index (χ1n) is 7.84. The molecule has 0 aliphatic rings. The number of amides is 1. The van der Waals surface area contributed by atoms with E-state index in [1.807, 2.05) is 36.4 Å². The molecule has 2 aromatic carbocycles. The molecule has 0 aliphatic carbocycles. The number of hydrogen-bond donors (Lipinski definition) is 1. The van der Waals surface area contributed by atoms with Crippen molar-refractivity contribution in [3.05, 3.63) is 65.7 Å². The van der Waals surface area contributed by atoms with Gasteiger partial charge in [0.25, 0.3) is 5.91 Å². The van der Waals surface area contributed by atoms with E-state index in [4.69, 9.17) is 4.74 Å².